The minimum atomic E-state index is -0.660. The van der Waals surface area contributed by atoms with Crippen LogP contribution in [0.5, 0.6) is 0 Å². The number of halogens is 1. The Morgan fingerprint density at radius 1 is 1.23 bits per heavy atom. The molecular weight excluding hydrogens is 464 g/mol. The summed E-state index contributed by atoms with van der Waals surface area (Å²) in [5.41, 5.74) is 1.26. The highest BCUT2D eigenvalue weighted by Crippen LogP contribution is 2.34. The first kappa shape index (κ1) is 22.8. The van der Waals surface area contributed by atoms with Crippen LogP contribution in [0.4, 0.5) is 5.00 Å². The molecule has 1 N–H and O–H groups in total. The number of methoxy groups -OCH3 is 2. The first-order valence-electron chi connectivity index (χ1n) is 8.74. The molecule has 0 saturated heterocycles. The van der Waals surface area contributed by atoms with E-state index in [1.165, 1.54) is 20.5 Å². The quantitative estimate of drug-likeness (QED) is 0.403. The fraction of sp³-hybridized carbons (Fsp3) is 0.211. The van der Waals surface area contributed by atoms with Gasteiger partial charge in [-0.3, -0.25) is 9.36 Å². The van der Waals surface area contributed by atoms with Crippen molar-refractivity contribution in [1.29, 1.82) is 0 Å². The summed E-state index contributed by atoms with van der Waals surface area (Å²) in [6.07, 6.45) is 1.52. The number of thioether (sulfide) groups is 1. The third-order valence-electron chi connectivity index (χ3n) is 4.10. The molecule has 1 aromatic carbocycles. The Kier molecular flexibility index (Phi) is 7.31. The van der Waals surface area contributed by atoms with E-state index in [2.05, 4.69) is 15.5 Å². The molecule has 0 spiro atoms. The Hall–Kier alpha value is -2.89. The molecule has 31 heavy (non-hydrogen) atoms. The molecule has 0 radical (unpaired) electrons. The number of carbonyl (C=O) groups is 3. The lowest BCUT2D eigenvalue weighted by molar-refractivity contribution is -0.113. The van der Waals surface area contributed by atoms with Crippen LogP contribution < -0.4 is 5.32 Å². The molecule has 3 aromatic rings. The van der Waals surface area contributed by atoms with E-state index < -0.39 is 17.8 Å². The van der Waals surface area contributed by atoms with Crippen molar-refractivity contribution in [3.8, 4) is 5.69 Å². The van der Waals surface area contributed by atoms with Crippen LogP contribution in [0.2, 0.25) is 5.02 Å². The number of hydrogen-bond acceptors (Lipinski definition) is 9. The van der Waals surface area contributed by atoms with Gasteiger partial charge in [-0.05, 0) is 30.7 Å². The van der Waals surface area contributed by atoms with Gasteiger partial charge in [-0.25, -0.2) is 9.59 Å². The Bertz CT molecular complexity index is 1140. The van der Waals surface area contributed by atoms with Gasteiger partial charge >= 0.3 is 11.9 Å². The summed E-state index contributed by atoms with van der Waals surface area (Å²) in [6, 6.07) is 7.14. The summed E-state index contributed by atoms with van der Waals surface area (Å²) in [5, 5.41) is 11.9. The second-order valence-corrected chi connectivity index (χ2v) is 8.44. The van der Waals surface area contributed by atoms with Gasteiger partial charge in [0.2, 0.25) is 5.91 Å². The molecule has 0 fully saturated rings. The Morgan fingerprint density at radius 3 is 2.65 bits per heavy atom. The zero-order chi connectivity index (χ0) is 22.5. The van der Waals surface area contributed by atoms with Crippen LogP contribution >= 0.6 is 34.7 Å². The lowest BCUT2D eigenvalue weighted by atomic mass is 10.1. The maximum Gasteiger partial charge on any atom is 0.348 e. The Morgan fingerprint density at radius 2 is 1.97 bits per heavy atom. The number of ether oxygens (including phenoxy) is 2. The first-order valence-corrected chi connectivity index (χ1v) is 10.9. The minimum Gasteiger partial charge on any atom is -0.465 e. The van der Waals surface area contributed by atoms with Crippen molar-refractivity contribution in [3.05, 3.63) is 51.6 Å². The number of carbonyl (C=O) groups excluding carboxylic acids is 3. The smallest absolute Gasteiger partial charge is 0.348 e. The molecule has 2 aromatic heterocycles. The molecule has 3 rings (SSSR count). The lowest BCUT2D eigenvalue weighted by Crippen LogP contribution is -2.16. The van der Waals surface area contributed by atoms with Gasteiger partial charge in [0.1, 0.15) is 16.2 Å². The summed E-state index contributed by atoms with van der Waals surface area (Å²) >= 11 is 8.14. The number of esters is 2. The lowest BCUT2D eigenvalue weighted by Gasteiger charge is -2.08. The van der Waals surface area contributed by atoms with Crippen molar-refractivity contribution in [2.75, 3.05) is 25.3 Å². The molecular formula is C19H17ClN4O5S2. The third kappa shape index (κ3) is 5.06. The largest absolute Gasteiger partial charge is 0.465 e. The van der Waals surface area contributed by atoms with Crippen molar-refractivity contribution < 1.29 is 23.9 Å². The Labute approximate surface area is 190 Å². The van der Waals surface area contributed by atoms with E-state index >= 15 is 0 Å². The summed E-state index contributed by atoms with van der Waals surface area (Å²) in [6.45, 7) is 1.59. The van der Waals surface area contributed by atoms with E-state index in [0.29, 0.717) is 15.7 Å². The number of rotatable bonds is 7. The predicted molar refractivity (Wildman–Crippen MR) is 117 cm³/mol. The van der Waals surface area contributed by atoms with Crippen molar-refractivity contribution in [2.45, 2.75) is 12.1 Å². The van der Waals surface area contributed by atoms with Crippen molar-refractivity contribution in [3.63, 3.8) is 0 Å². The van der Waals surface area contributed by atoms with E-state index in [-0.39, 0.29) is 21.2 Å². The van der Waals surface area contributed by atoms with Crippen LogP contribution in [-0.2, 0) is 14.3 Å². The molecule has 2 heterocycles. The van der Waals surface area contributed by atoms with Crippen LogP contribution in [0.3, 0.4) is 0 Å². The van der Waals surface area contributed by atoms with Gasteiger partial charge in [-0.1, -0.05) is 29.4 Å². The van der Waals surface area contributed by atoms with E-state index in [0.717, 1.165) is 28.8 Å². The van der Waals surface area contributed by atoms with Crippen LogP contribution in [0.25, 0.3) is 5.69 Å². The topological polar surface area (TPSA) is 112 Å². The van der Waals surface area contributed by atoms with Gasteiger partial charge in [-0.2, -0.15) is 0 Å². The summed E-state index contributed by atoms with van der Waals surface area (Å²) in [5.74, 6) is -1.66. The third-order valence-corrected chi connectivity index (χ3v) is 6.46. The average molecular weight is 481 g/mol. The number of amides is 1. The molecule has 0 bridgehead atoms. The molecule has 0 aliphatic carbocycles. The van der Waals surface area contributed by atoms with Gasteiger partial charge in [0, 0.05) is 5.02 Å². The monoisotopic (exact) mass is 480 g/mol. The number of nitrogens with zero attached hydrogens (tertiary/aromatic N) is 3. The minimum absolute atomic E-state index is 0.00955. The number of aromatic nitrogens is 3. The van der Waals surface area contributed by atoms with Crippen molar-refractivity contribution in [1.82, 2.24) is 14.8 Å². The maximum atomic E-state index is 12.6. The summed E-state index contributed by atoms with van der Waals surface area (Å²) < 4.78 is 11.2. The Balaban J connectivity index is 1.76. The van der Waals surface area contributed by atoms with E-state index in [9.17, 15) is 14.4 Å². The van der Waals surface area contributed by atoms with Crippen molar-refractivity contribution in [2.24, 2.45) is 0 Å². The predicted octanol–water partition coefficient (Wildman–Crippen LogP) is 3.59. The first-order chi connectivity index (χ1) is 14.8. The molecule has 0 atom stereocenters. The van der Waals surface area contributed by atoms with Crippen LogP contribution in [0.1, 0.15) is 25.6 Å². The maximum absolute atomic E-state index is 12.6. The van der Waals surface area contributed by atoms with Crippen LogP contribution in [0.15, 0.2) is 35.7 Å². The normalized spacial score (nSPS) is 10.6. The summed E-state index contributed by atoms with van der Waals surface area (Å²) in [4.78, 5) is 36.9. The van der Waals surface area contributed by atoms with Gasteiger partial charge in [-0.15, -0.1) is 21.5 Å². The van der Waals surface area contributed by atoms with E-state index in [1.54, 1.807) is 29.7 Å². The highest BCUT2D eigenvalue weighted by Gasteiger charge is 2.26. The molecule has 0 aliphatic heterocycles. The number of thiophene rings is 1. The fourth-order valence-electron chi connectivity index (χ4n) is 2.66. The van der Waals surface area contributed by atoms with E-state index in [1.807, 2.05) is 6.07 Å². The molecule has 12 heteroatoms. The number of hydrogen-bond donors (Lipinski definition) is 1. The van der Waals surface area contributed by atoms with Crippen LogP contribution in [0, 0.1) is 6.92 Å². The second-order valence-electron chi connectivity index (χ2n) is 6.04. The highest BCUT2D eigenvalue weighted by molar-refractivity contribution is 7.99. The molecule has 9 nitrogen and oxygen atoms in total. The average Bonchev–Trinajstić information content (AvgIpc) is 3.35. The molecule has 0 aliphatic rings. The SMILES string of the molecule is COC(=O)c1sc(NC(=O)CSc2nncn2-c2cccc(Cl)c2)c(C(=O)OC)c1C. The number of nitrogens with one attached hydrogen (secondary N) is 1. The molecule has 1 amide bonds. The van der Waals surface area contributed by atoms with Gasteiger partial charge < -0.3 is 14.8 Å². The zero-order valence-electron chi connectivity index (χ0n) is 16.7. The van der Waals surface area contributed by atoms with Gasteiger partial charge in [0.25, 0.3) is 0 Å². The number of anilines is 1. The van der Waals surface area contributed by atoms with Gasteiger partial charge in [0.05, 0.1) is 31.2 Å². The standard InChI is InChI=1S/C19H17ClN4O5S2/c1-10-14(17(26)28-2)16(31-15(10)18(27)29-3)22-13(25)8-30-19-23-21-9-24(19)12-6-4-5-11(20)7-12/h4-7,9H,8H2,1-3H3,(H,22,25). The van der Waals surface area contributed by atoms with Crippen LogP contribution in [-0.4, -0.2) is 52.6 Å². The molecule has 0 unspecified atom stereocenters. The summed E-state index contributed by atoms with van der Waals surface area (Å²) in [7, 11) is 2.46. The number of benzene rings is 1. The van der Waals surface area contributed by atoms with Gasteiger partial charge in [0.15, 0.2) is 5.16 Å². The zero-order valence-corrected chi connectivity index (χ0v) is 19.1. The fourth-order valence-corrected chi connectivity index (χ4v) is 4.70. The highest BCUT2D eigenvalue weighted by atomic mass is 35.5. The molecule has 162 valence electrons. The molecule has 0 saturated carbocycles. The van der Waals surface area contributed by atoms with E-state index in [4.69, 9.17) is 21.1 Å². The second kappa shape index (κ2) is 9.94. The van der Waals surface area contributed by atoms with Crippen molar-refractivity contribution >= 4 is 57.5 Å².